The van der Waals surface area contributed by atoms with Crippen molar-refractivity contribution in [2.24, 2.45) is 0 Å². The lowest BCUT2D eigenvalue weighted by atomic mass is 10.1. The Kier molecular flexibility index (Phi) is 1.85. The normalized spacial score (nSPS) is 13.1. The Morgan fingerprint density at radius 2 is 1.83 bits per heavy atom. The molecule has 1 aliphatic heterocycles. The highest BCUT2D eigenvalue weighted by molar-refractivity contribution is 5.96. The fraction of sp³-hybridized carbons (Fsp3) is 0.0714. The van der Waals surface area contributed by atoms with Crippen LogP contribution in [0.1, 0.15) is 0 Å². The van der Waals surface area contributed by atoms with Crippen LogP contribution in [0.5, 0.6) is 11.5 Å². The number of nitrogens with zero attached hydrogens (tertiary/aromatic N) is 1. The van der Waals surface area contributed by atoms with Crippen molar-refractivity contribution in [1.29, 1.82) is 0 Å². The molecular formula is C14H9NO3. The Hall–Kier alpha value is -2.49. The van der Waals surface area contributed by atoms with Crippen molar-refractivity contribution in [3.8, 4) is 22.8 Å². The summed E-state index contributed by atoms with van der Waals surface area (Å²) in [6.07, 6.45) is 0. The molecule has 4 rings (SSSR count). The number of ether oxygens (including phenoxy) is 2. The summed E-state index contributed by atoms with van der Waals surface area (Å²) in [6, 6.07) is 13.8. The van der Waals surface area contributed by atoms with Crippen LogP contribution in [0.4, 0.5) is 0 Å². The van der Waals surface area contributed by atoms with Crippen LogP contribution in [0.15, 0.2) is 47.0 Å². The molecular weight excluding hydrogens is 230 g/mol. The van der Waals surface area contributed by atoms with Crippen molar-refractivity contribution >= 4 is 11.0 Å². The van der Waals surface area contributed by atoms with E-state index in [1.165, 1.54) is 0 Å². The smallest absolute Gasteiger partial charge is 0.231 e. The number of aromatic nitrogens is 1. The third-order valence-electron chi connectivity index (χ3n) is 3.02. The highest BCUT2D eigenvalue weighted by atomic mass is 16.7. The maximum absolute atomic E-state index is 5.40. The molecule has 4 heteroatoms. The lowest BCUT2D eigenvalue weighted by molar-refractivity contribution is 0.173. The SMILES string of the molecule is c1ccc(-c2noc3c4c(ccc23)OCO4)cc1. The molecule has 0 saturated heterocycles. The van der Waals surface area contributed by atoms with Crippen LogP contribution in [-0.2, 0) is 0 Å². The molecule has 2 aromatic carbocycles. The van der Waals surface area contributed by atoms with Gasteiger partial charge in [-0.15, -0.1) is 0 Å². The van der Waals surface area contributed by atoms with Gasteiger partial charge >= 0.3 is 0 Å². The molecule has 1 aliphatic rings. The Balaban J connectivity index is 1.99. The van der Waals surface area contributed by atoms with Gasteiger partial charge in [0.25, 0.3) is 0 Å². The minimum absolute atomic E-state index is 0.232. The van der Waals surface area contributed by atoms with E-state index in [2.05, 4.69) is 5.16 Å². The van der Waals surface area contributed by atoms with Crippen LogP contribution >= 0.6 is 0 Å². The summed E-state index contributed by atoms with van der Waals surface area (Å²) in [5.41, 5.74) is 2.49. The lowest BCUT2D eigenvalue weighted by Gasteiger charge is -1.97. The van der Waals surface area contributed by atoms with E-state index >= 15 is 0 Å². The van der Waals surface area contributed by atoms with E-state index in [0.717, 1.165) is 16.6 Å². The van der Waals surface area contributed by atoms with Crippen molar-refractivity contribution in [2.45, 2.75) is 0 Å². The predicted octanol–water partition coefficient (Wildman–Crippen LogP) is 3.22. The summed E-state index contributed by atoms with van der Waals surface area (Å²) in [5.74, 6) is 1.35. The maximum atomic E-state index is 5.40. The Bertz CT molecular complexity index is 718. The average molecular weight is 239 g/mol. The molecule has 0 spiro atoms. The van der Waals surface area contributed by atoms with E-state index in [-0.39, 0.29) is 6.79 Å². The van der Waals surface area contributed by atoms with E-state index in [0.29, 0.717) is 17.1 Å². The predicted molar refractivity (Wildman–Crippen MR) is 65.6 cm³/mol. The van der Waals surface area contributed by atoms with E-state index in [1.807, 2.05) is 42.5 Å². The van der Waals surface area contributed by atoms with Gasteiger partial charge < -0.3 is 14.0 Å². The number of rotatable bonds is 1. The van der Waals surface area contributed by atoms with Gasteiger partial charge in [-0.1, -0.05) is 35.5 Å². The van der Waals surface area contributed by atoms with Crippen LogP contribution in [-0.4, -0.2) is 11.9 Å². The second kappa shape index (κ2) is 3.50. The van der Waals surface area contributed by atoms with Crippen molar-refractivity contribution < 1.29 is 14.0 Å². The highest BCUT2D eigenvalue weighted by Gasteiger charge is 2.22. The first kappa shape index (κ1) is 9.53. The zero-order valence-corrected chi connectivity index (χ0v) is 9.42. The summed E-state index contributed by atoms with van der Waals surface area (Å²) in [4.78, 5) is 0. The van der Waals surface area contributed by atoms with E-state index in [4.69, 9.17) is 14.0 Å². The number of hydrogen-bond donors (Lipinski definition) is 0. The first-order chi connectivity index (χ1) is 8.93. The second-order valence-electron chi connectivity index (χ2n) is 4.07. The van der Waals surface area contributed by atoms with Crippen molar-refractivity contribution in [2.75, 3.05) is 6.79 Å². The molecule has 0 saturated carbocycles. The fourth-order valence-electron chi connectivity index (χ4n) is 2.17. The van der Waals surface area contributed by atoms with E-state index < -0.39 is 0 Å². The molecule has 0 bridgehead atoms. The minimum atomic E-state index is 0.232. The molecule has 0 N–H and O–H groups in total. The standard InChI is InChI=1S/C14H9NO3/c1-2-4-9(5-3-1)12-10-6-7-11-14(17-8-16-11)13(10)18-15-12/h1-7H,8H2. The molecule has 4 nitrogen and oxygen atoms in total. The summed E-state index contributed by atoms with van der Waals surface area (Å²) in [7, 11) is 0. The Morgan fingerprint density at radius 3 is 2.72 bits per heavy atom. The van der Waals surface area contributed by atoms with Gasteiger partial charge in [-0.2, -0.15) is 0 Å². The zero-order valence-electron chi connectivity index (χ0n) is 9.42. The highest BCUT2D eigenvalue weighted by Crippen LogP contribution is 2.41. The molecule has 0 aliphatic carbocycles. The molecule has 88 valence electrons. The van der Waals surface area contributed by atoms with Crippen molar-refractivity contribution in [3.63, 3.8) is 0 Å². The number of benzene rings is 2. The third-order valence-corrected chi connectivity index (χ3v) is 3.02. The van der Waals surface area contributed by atoms with E-state index in [9.17, 15) is 0 Å². The summed E-state index contributed by atoms with van der Waals surface area (Å²) in [5, 5.41) is 5.07. The van der Waals surface area contributed by atoms with Crippen LogP contribution in [0.25, 0.3) is 22.2 Å². The van der Waals surface area contributed by atoms with Crippen LogP contribution in [0.3, 0.4) is 0 Å². The first-order valence-corrected chi connectivity index (χ1v) is 5.67. The molecule has 0 radical (unpaired) electrons. The topological polar surface area (TPSA) is 44.5 Å². The Labute approximate surface area is 103 Å². The monoisotopic (exact) mass is 239 g/mol. The van der Waals surface area contributed by atoms with Gasteiger partial charge in [0.1, 0.15) is 5.69 Å². The second-order valence-corrected chi connectivity index (χ2v) is 4.07. The van der Waals surface area contributed by atoms with Crippen LogP contribution in [0.2, 0.25) is 0 Å². The molecule has 1 aromatic heterocycles. The molecule has 0 unspecified atom stereocenters. The van der Waals surface area contributed by atoms with Crippen molar-refractivity contribution in [1.82, 2.24) is 5.16 Å². The van der Waals surface area contributed by atoms with Crippen molar-refractivity contribution in [3.05, 3.63) is 42.5 Å². The number of hydrogen-bond acceptors (Lipinski definition) is 4. The van der Waals surface area contributed by atoms with E-state index in [1.54, 1.807) is 0 Å². The lowest BCUT2D eigenvalue weighted by Crippen LogP contribution is -1.93. The van der Waals surface area contributed by atoms with Gasteiger partial charge in [-0.3, -0.25) is 0 Å². The summed E-state index contributed by atoms with van der Waals surface area (Å²) < 4.78 is 16.1. The number of fused-ring (bicyclic) bond motifs is 3. The molecule has 2 heterocycles. The largest absolute Gasteiger partial charge is 0.453 e. The molecule has 0 atom stereocenters. The summed E-state index contributed by atoms with van der Waals surface area (Å²) >= 11 is 0. The zero-order chi connectivity index (χ0) is 11.9. The average Bonchev–Trinajstić information content (AvgIpc) is 3.05. The van der Waals surface area contributed by atoms with Gasteiger partial charge in [0.05, 0.1) is 5.39 Å². The molecule has 0 fully saturated rings. The molecule has 3 aromatic rings. The van der Waals surface area contributed by atoms with Gasteiger partial charge in [-0.05, 0) is 12.1 Å². The van der Waals surface area contributed by atoms with Crippen LogP contribution in [0, 0.1) is 0 Å². The summed E-state index contributed by atoms with van der Waals surface area (Å²) in [6.45, 7) is 0.232. The van der Waals surface area contributed by atoms with Gasteiger partial charge in [0.15, 0.2) is 5.75 Å². The van der Waals surface area contributed by atoms with Gasteiger partial charge in [-0.25, -0.2) is 0 Å². The van der Waals surface area contributed by atoms with Crippen LogP contribution < -0.4 is 9.47 Å². The Morgan fingerprint density at radius 1 is 0.944 bits per heavy atom. The quantitative estimate of drug-likeness (QED) is 0.654. The molecule has 0 amide bonds. The minimum Gasteiger partial charge on any atom is -0.453 e. The molecule has 18 heavy (non-hydrogen) atoms. The van der Waals surface area contributed by atoms with Gasteiger partial charge in [0, 0.05) is 5.56 Å². The van der Waals surface area contributed by atoms with Gasteiger partial charge in [0.2, 0.25) is 18.1 Å². The maximum Gasteiger partial charge on any atom is 0.231 e. The fourth-order valence-corrected chi connectivity index (χ4v) is 2.17. The third kappa shape index (κ3) is 1.23. The first-order valence-electron chi connectivity index (χ1n) is 5.67.